The molecule has 1 fully saturated rings. The molecule has 2 rings (SSSR count). The normalized spacial score (nSPS) is 20.8. The molecule has 86 valence electrons. The molecule has 1 unspecified atom stereocenters. The number of piperidine rings is 1. The van der Waals surface area contributed by atoms with E-state index in [1.165, 1.54) is 30.8 Å². The Balaban J connectivity index is 2.31. The number of nitriles is 1. The van der Waals surface area contributed by atoms with Crippen LogP contribution in [0.1, 0.15) is 38.2 Å². The van der Waals surface area contributed by atoms with Gasteiger partial charge in [-0.15, -0.1) is 0 Å². The largest absolute Gasteiger partial charge is 0.358 e. The molecular formula is C11H14ClN3S. The number of aromatic nitrogens is 1. The fourth-order valence-electron chi connectivity index (χ4n) is 2.25. The van der Waals surface area contributed by atoms with Crippen molar-refractivity contribution < 1.29 is 0 Å². The molecule has 1 aromatic rings. The first kappa shape index (κ1) is 11.7. The third kappa shape index (κ3) is 2.02. The lowest BCUT2D eigenvalue weighted by Gasteiger charge is -2.35. The molecule has 2 heterocycles. The van der Waals surface area contributed by atoms with Crippen LogP contribution >= 0.6 is 23.1 Å². The Morgan fingerprint density at radius 3 is 3.12 bits per heavy atom. The fraction of sp³-hybridized carbons (Fsp3) is 0.636. The first-order valence-corrected chi connectivity index (χ1v) is 6.75. The van der Waals surface area contributed by atoms with Crippen LogP contribution < -0.4 is 4.90 Å². The van der Waals surface area contributed by atoms with Gasteiger partial charge in [-0.3, -0.25) is 0 Å². The molecule has 1 aliphatic heterocycles. The molecule has 1 atom stereocenters. The van der Waals surface area contributed by atoms with Gasteiger partial charge in [-0.05, 0) is 37.2 Å². The Hall–Kier alpha value is -0.790. The molecule has 0 aromatic carbocycles. The highest BCUT2D eigenvalue weighted by Crippen LogP contribution is 2.35. The first-order valence-electron chi connectivity index (χ1n) is 5.59. The van der Waals surface area contributed by atoms with Crippen molar-refractivity contribution in [1.82, 2.24) is 4.37 Å². The standard InChI is InChI=1S/C11H14ClN3S/c1-2-8-5-3-4-6-15(8)11-9(7-13)10(12)14-16-11/h8H,2-6H2,1H3. The molecular weight excluding hydrogens is 242 g/mol. The van der Waals surface area contributed by atoms with Crippen LogP contribution in [0.2, 0.25) is 5.15 Å². The summed E-state index contributed by atoms with van der Waals surface area (Å²) >= 11 is 7.25. The lowest BCUT2D eigenvalue weighted by molar-refractivity contribution is 0.452. The van der Waals surface area contributed by atoms with Crippen molar-refractivity contribution in [2.24, 2.45) is 0 Å². The van der Waals surface area contributed by atoms with E-state index >= 15 is 0 Å². The smallest absolute Gasteiger partial charge is 0.162 e. The van der Waals surface area contributed by atoms with Crippen LogP contribution in [-0.2, 0) is 0 Å². The summed E-state index contributed by atoms with van der Waals surface area (Å²) in [5.74, 6) is 0. The molecule has 0 spiro atoms. The minimum atomic E-state index is 0.350. The summed E-state index contributed by atoms with van der Waals surface area (Å²) in [5, 5.41) is 10.4. The van der Waals surface area contributed by atoms with Crippen molar-refractivity contribution in [1.29, 1.82) is 5.26 Å². The van der Waals surface area contributed by atoms with E-state index in [4.69, 9.17) is 16.9 Å². The van der Waals surface area contributed by atoms with Gasteiger partial charge in [0, 0.05) is 12.6 Å². The van der Waals surface area contributed by atoms with Crippen LogP contribution in [0.3, 0.4) is 0 Å². The van der Waals surface area contributed by atoms with Crippen LogP contribution in [0.5, 0.6) is 0 Å². The topological polar surface area (TPSA) is 39.9 Å². The SMILES string of the molecule is CCC1CCCCN1c1snc(Cl)c1C#N. The van der Waals surface area contributed by atoms with E-state index < -0.39 is 0 Å². The van der Waals surface area contributed by atoms with Gasteiger partial charge in [0.1, 0.15) is 16.6 Å². The summed E-state index contributed by atoms with van der Waals surface area (Å²) in [6.45, 7) is 3.21. The van der Waals surface area contributed by atoms with E-state index in [1.807, 2.05) is 0 Å². The number of rotatable bonds is 2. The molecule has 0 N–H and O–H groups in total. The predicted octanol–water partition coefficient (Wildman–Crippen LogP) is 3.44. The van der Waals surface area contributed by atoms with Gasteiger partial charge in [0.05, 0.1) is 0 Å². The lowest BCUT2D eigenvalue weighted by Crippen LogP contribution is -2.38. The van der Waals surface area contributed by atoms with E-state index in [-0.39, 0.29) is 0 Å². The monoisotopic (exact) mass is 255 g/mol. The maximum Gasteiger partial charge on any atom is 0.162 e. The zero-order chi connectivity index (χ0) is 11.5. The summed E-state index contributed by atoms with van der Waals surface area (Å²) in [4.78, 5) is 2.31. The van der Waals surface area contributed by atoms with Crippen LogP contribution in [-0.4, -0.2) is 17.0 Å². The van der Waals surface area contributed by atoms with Gasteiger partial charge in [0.25, 0.3) is 0 Å². The minimum absolute atomic E-state index is 0.350. The van der Waals surface area contributed by atoms with Crippen LogP contribution in [0.4, 0.5) is 5.00 Å². The zero-order valence-corrected chi connectivity index (χ0v) is 10.8. The Morgan fingerprint density at radius 1 is 1.62 bits per heavy atom. The lowest BCUT2D eigenvalue weighted by atomic mass is 10.0. The molecule has 5 heteroatoms. The molecule has 0 aliphatic carbocycles. The molecule has 0 radical (unpaired) electrons. The second-order valence-electron chi connectivity index (χ2n) is 4.02. The van der Waals surface area contributed by atoms with Crippen molar-refractivity contribution in [2.75, 3.05) is 11.4 Å². The third-order valence-electron chi connectivity index (χ3n) is 3.10. The summed E-state index contributed by atoms with van der Waals surface area (Å²) < 4.78 is 4.07. The summed E-state index contributed by atoms with van der Waals surface area (Å²) in [6, 6.07) is 2.70. The molecule has 1 aliphatic rings. The highest BCUT2D eigenvalue weighted by molar-refractivity contribution is 7.10. The summed E-state index contributed by atoms with van der Waals surface area (Å²) in [5.41, 5.74) is 0.548. The van der Waals surface area contributed by atoms with Crippen molar-refractivity contribution in [2.45, 2.75) is 38.6 Å². The van der Waals surface area contributed by atoms with Crippen LogP contribution in [0.25, 0.3) is 0 Å². The van der Waals surface area contributed by atoms with Crippen LogP contribution in [0, 0.1) is 11.3 Å². The number of halogens is 1. The maximum absolute atomic E-state index is 9.08. The number of hydrogen-bond acceptors (Lipinski definition) is 4. The Labute approximate surface area is 105 Å². The first-order chi connectivity index (χ1) is 7.77. The van der Waals surface area contributed by atoms with Crippen molar-refractivity contribution in [3.8, 4) is 6.07 Å². The molecule has 0 saturated carbocycles. The van der Waals surface area contributed by atoms with Gasteiger partial charge in [-0.25, -0.2) is 0 Å². The quantitative estimate of drug-likeness (QED) is 0.813. The van der Waals surface area contributed by atoms with Gasteiger partial charge in [-0.1, -0.05) is 18.5 Å². The third-order valence-corrected chi connectivity index (χ3v) is 4.36. The zero-order valence-electron chi connectivity index (χ0n) is 9.24. The number of nitrogens with zero attached hydrogens (tertiary/aromatic N) is 3. The Bertz CT molecular complexity index is 410. The predicted molar refractivity (Wildman–Crippen MR) is 67.1 cm³/mol. The molecule has 3 nitrogen and oxygen atoms in total. The Kier molecular flexibility index (Phi) is 3.67. The van der Waals surface area contributed by atoms with Gasteiger partial charge in [0.2, 0.25) is 0 Å². The number of anilines is 1. The number of hydrogen-bond donors (Lipinski definition) is 0. The maximum atomic E-state index is 9.08. The average Bonchev–Trinajstić information content (AvgIpc) is 2.70. The van der Waals surface area contributed by atoms with Crippen molar-refractivity contribution in [3.63, 3.8) is 0 Å². The van der Waals surface area contributed by atoms with E-state index in [0.29, 0.717) is 16.8 Å². The highest BCUT2D eigenvalue weighted by Gasteiger charge is 2.26. The second-order valence-corrected chi connectivity index (χ2v) is 5.13. The molecule has 0 amide bonds. The molecule has 1 saturated heterocycles. The van der Waals surface area contributed by atoms with Gasteiger partial charge < -0.3 is 4.90 Å². The van der Waals surface area contributed by atoms with E-state index in [1.54, 1.807) is 0 Å². The van der Waals surface area contributed by atoms with Crippen molar-refractivity contribution in [3.05, 3.63) is 10.7 Å². The van der Waals surface area contributed by atoms with Crippen LogP contribution in [0.15, 0.2) is 0 Å². The minimum Gasteiger partial charge on any atom is -0.358 e. The fourth-order valence-corrected chi connectivity index (χ4v) is 3.37. The van der Waals surface area contributed by atoms with E-state index in [0.717, 1.165) is 18.0 Å². The van der Waals surface area contributed by atoms with E-state index in [9.17, 15) is 0 Å². The highest BCUT2D eigenvalue weighted by atomic mass is 35.5. The second kappa shape index (κ2) is 5.03. The summed E-state index contributed by atoms with van der Waals surface area (Å²) in [6.07, 6.45) is 4.79. The Morgan fingerprint density at radius 2 is 2.44 bits per heavy atom. The van der Waals surface area contributed by atoms with Gasteiger partial charge in [-0.2, -0.15) is 9.64 Å². The molecule has 0 bridgehead atoms. The average molecular weight is 256 g/mol. The van der Waals surface area contributed by atoms with Gasteiger partial charge >= 0.3 is 0 Å². The van der Waals surface area contributed by atoms with E-state index in [2.05, 4.69) is 22.3 Å². The molecule has 16 heavy (non-hydrogen) atoms. The molecule has 1 aromatic heterocycles. The van der Waals surface area contributed by atoms with Gasteiger partial charge in [0.15, 0.2) is 5.15 Å². The van der Waals surface area contributed by atoms with Crippen molar-refractivity contribution >= 4 is 28.1 Å². The summed E-state index contributed by atoms with van der Waals surface area (Å²) in [7, 11) is 0.